The van der Waals surface area contributed by atoms with Gasteiger partial charge in [-0.3, -0.25) is 0 Å². The highest BCUT2D eigenvalue weighted by molar-refractivity contribution is 9.10. The van der Waals surface area contributed by atoms with Crippen molar-refractivity contribution in [2.45, 2.75) is 11.4 Å². The van der Waals surface area contributed by atoms with Gasteiger partial charge in [-0.05, 0) is 40.7 Å². The molecule has 0 aliphatic heterocycles. The number of nitrogens with one attached hydrogen (secondary N) is 1. The molecule has 0 bridgehead atoms. The summed E-state index contributed by atoms with van der Waals surface area (Å²) in [5.74, 6) is 0. The van der Waals surface area contributed by atoms with Crippen LogP contribution in [0.15, 0.2) is 27.6 Å². The first kappa shape index (κ1) is 11.6. The number of halogens is 1. The molecule has 0 saturated carbocycles. The number of sulfonamides is 1. The van der Waals surface area contributed by atoms with Crippen molar-refractivity contribution in [1.82, 2.24) is 5.32 Å². The molecule has 0 spiro atoms. The third kappa shape index (κ3) is 2.78. The maximum Gasteiger partial charge on any atom is 0.239 e. The van der Waals surface area contributed by atoms with E-state index in [0.29, 0.717) is 11.0 Å². The zero-order valence-electron chi connectivity index (χ0n) is 7.62. The highest BCUT2D eigenvalue weighted by atomic mass is 79.9. The van der Waals surface area contributed by atoms with E-state index in [2.05, 4.69) is 21.2 Å². The maximum atomic E-state index is 11.1. The van der Waals surface area contributed by atoms with Gasteiger partial charge >= 0.3 is 0 Å². The SMILES string of the molecule is CNCc1ccc(Br)c(S(N)(=O)=O)c1. The lowest BCUT2D eigenvalue weighted by Gasteiger charge is -2.05. The number of hydrogen-bond acceptors (Lipinski definition) is 3. The number of benzene rings is 1. The van der Waals surface area contributed by atoms with Crippen LogP contribution in [-0.4, -0.2) is 15.5 Å². The second-order valence-corrected chi connectivity index (χ2v) is 5.22. The molecule has 0 radical (unpaired) electrons. The van der Waals surface area contributed by atoms with Crippen molar-refractivity contribution >= 4 is 26.0 Å². The third-order valence-corrected chi connectivity index (χ3v) is 3.59. The molecule has 1 aromatic carbocycles. The number of primary sulfonamides is 1. The monoisotopic (exact) mass is 278 g/mol. The maximum absolute atomic E-state index is 11.1. The summed E-state index contributed by atoms with van der Waals surface area (Å²) < 4.78 is 22.8. The molecule has 14 heavy (non-hydrogen) atoms. The second kappa shape index (κ2) is 4.39. The van der Waals surface area contributed by atoms with E-state index in [1.807, 2.05) is 6.07 Å². The van der Waals surface area contributed by atoms with Crippen LogP contribution >= 0.6 is 15.9 Å². The van der Waals surface area contributed by atoms with E-state index in [4.69, 9.17) is 5.14 Å². The Kier molecular flexibility index (Phi) is 3.65. The molecule has 0 fully saturated rings. The summed E-state index contributed by atoms with van der Waals surface area (Å²) in [5.41, 5.74) is 0.875. The van der Waals surface area contributed by atoms with Gasteiger partial charge in [0.2, 0.25) is 10.0 Å². The van der Waals surface area contributed by atoms with E-state index in [1.54, 1.807) is 19.2 Å². The second-order valence-electron chi connectivity index (χ2n) is 2.84. The molecule has 6 heteroatoms. The Hall–Kier alpha value is -0.430. The number of hydrogen-bond donors (Lipinski definition) is 2. The minimum absolute atomic E-state index is 0.116. The Morgan fingerprint density at radius 1 is 1.50 bits per heavy atom. The highest BCUT2D eigenvalue weighted by Gasteiger charge is 2.12. The van der Waals surface area contributed by atoms with Crippen LogP contribution in [0, 0.1) is 0 Å². The molecule has 3 N–H and O–H groups in total. The van der Waals surface area contributed by atoms with Crippen molar-refractivity contribution in [3.05, 3.63) is 28.2 Å². The van der Waals surface area contributed by atoms with Crippen molar-refractivity contribution in [3.8, 4) is 0 Å². The van der Waals surface area contributed by atoms with E-state index in [9.17, 15) is 8.42 Å². The summed E-state index contributed by atoms with van der Waals surface area (Å²) in [6, 6.07) is 5.05. The van der Waals surface area contributed by atoms with Crippen LogP contribution < -0.4 is 10.5 Å². The Bertz CT molecular complexity index is 431. The van der Waals surface area contributed by atoms with Crippen LogP contribution in [0.5, 0.6) is 0 Å². The number of nitrogens with two attached hydrogens (primary N) is 1. The minimum atomic E-state index is -3.65. The van der Waals surface area contributed by atoms with E-state index in [1.165, 1.54) is 0 Å². The molecule has 0 saturated heterocycles. The quantitative estimate of drug-likeness (QED) is 0.860. The summed E-state index contributed by atoms with van der Waals surface area (Å²) in [7, 11) is -1.86. The average molecular weight is 279 g/mol. The van der Waals surface area contributed by atoms with Crippen molar-refractivity contribution in [1.29, 1.82) is 0 Å². The molecule has 1 rings (SSSR count). The Morgan fingerprint density at radius 3 is 2.64 bits per heavy atom. The van der Waals surface area contributed by atoms with E-state index >= 15 is 0 Å². The lowest BCUT2D eigenvalue weighted by Crippen LogP contribution is -2.14. The average Bonchev–Trinajstić information content (AvgIpc) is 2.07. The Labute approximate surface area is 91.7 Å². The van der Waals surface area contributed by atoms with Gasteiger partial charge in [-0.15, -0.1) is 0 Å². The van der Waals surface area contributed by atoms with Crippen LogP contribution in [0.3, 0.4) is 0 Å². The standard InChI is InChI=1S/C8H11BrN2O2S/c1-11-5-6-2-3-7(9)8(4-6)14(10,12)13/h2-4,11H,5H2,1H3,(H2,10,12,13). The van der Waals surface area contributed by atoms with Gasteiger partial charge in [-0.2, -0.15) is 0 Å². The predicted octanol–water partition coefficient (Wildman–Crippen LogP) is 0.816. The van der Waals surface area contributed by atoms with E-state index in [0.717, 1.165) is 5.56 Å². The highest BCUT2D eigenvalue weighted by Crippen LogP contribution is 2.21. The third-order valence-electron chi connectivity index (χ3n) is 1.68. The first-order chi connectivity index (χ1) is 6.45. The van der Waals surface area contributed by atoms with E-state index in [-0.39, 0.29) is 4.90 Å². The van der Waals surface area contributed by atoms with Gasteiger partial charge in [0.1, 0.15) is 0 Å². The molecule has 0 unspecified atom stereocenters. The van der Waals surface area contributed by atoms with Crippen LogP contribution in [-0.2, 0) is 16.6 Å². The molecule has 4 nitrogen and oxygen atoms in total. The zero-order valence-corrected chi connectivity index (χ0v) is 10.0. The molecule has 0 amide bonds. The first-order valence-corrected chi connectivity index (χ1v) is 6.25. The molecule has 0 aliphatic rings. The summed E-state index contributed by atoms with van der Waals surface area (Å²) in [6.45, 7) is 0.607. The zero-order chi connectivity index (χ0) is 10.8. The van der Waals surface area contributed by atoms with Gasteiger partial charge in [-0.1, -0.05) is 6.07 Å². The first-order valence-electron chi connectivity index (χ1n) is 3.91. The molecule has 0 heterocycles. The fraction of sp³-hybridized carbons (Fsp3) is 0.250. The van der Waals surface area contributed by atoms with Gasteiger partial charge < -0.3 is 5.32 Å². The van der Waals surface area contributed by atoms with Crippen molar-refractivity contribution in [2.24, 2.45) is 5.14 Å². The fourth-order valence-corrected chi connectivity index (χ4v) is 2.66. The molecule has 1 aromatic rings. The Morgan fingerprint density at radius 2 is 2.14 bits per heavy atom. The summed E-state index contributed by atoms with van der Waals surface area (Å²) in [4.78, 5) is 0.116. The van der Waals surface area contributed by atoms with Gasteiger partial charge in [0.05, 0.1) is 4.90 Å². The van der Waals surface area contributed by atoms with Gasteiger partial charge in [-0.25, -0.2) is 13.6 Å². The molecule has 0 aliphatic carbocycles. The van der Waals surface area contributed by atoms with Crippen molar-refractivity contribution in [3.63, 3.8) is 0 Å². The lowest BCUT2D eigenvalue weighted by atomic mass is 10.2. The molecular formula is C8H11BrN2O2S. The minimum Gasteiger partial charge on any atom is -0.316 e. The smallest absolute Gasteiger partial charge is 0.239 e. The lowest BCUT2D eigenvalue weighted by molar-refractivity contribution is 0.597. The van der Waals surface area contributed by atoms with Gasteiger partial charge in [0.25, 0.3) is 0 Å². The normalized spacial score (nSPS) is 11.6. The number of rotatable bonds is 3. The van der Waals surface area contributed by atoms with E-state index < -0.39 is 10.0 Å². The Balaban J connectivity index is 3.22. The van der Waals surface area contributed by atoms with Crippen molar-refractivity contribution in [2.75, 3.05) is 7.05 Å². The van der Waals surface area contributed by atoms with Crippen LogP contribution in [0.1, 0.15) is 5.56 Å². The molecular weight excluding hydrogens is 268 g/mol. The summed E-state index contributed by atoms with van der Waals surface area (Å²) >= 11 is 3.14. The molecule has 0 aromatic heterocycles. The summed E-state index contributed by atoms with van der Waals surface area (Å²) in [5, 5.41) is 7.98. The van der Waals surface area contributed by atoms with Gasteiger partial charge in [0, 0.05) is 11.0 Å². The van der Waals surface area contributed by atoms with Crippen molar-refractivity contribution < 1.29 is 8.42 Å². The van der Waals surface area contributed by atoms with Crippen LogP contribution in [0.4, 0.5) is 0 Å². The molecule has 78 valence electrons. The van der Waals surface area contributed by atoms with Crippen LogP contribution in [0.25, 0.3) is 0 Å². The summed E-state index contributed by atoms with van der Waals surface area (Å²) in [6.07, 6.45) is 0. The molecule has 0 atom stereocenters. The largest absolute Gasteiger partial charge is 0.316 e. The topological polar surface area (TPSA) is 72.2 Å². The predicted molar refractivity (Wildman–Crippen MR) is 58.3 cm³/mol. The van der Waals surface area contributed by atoms with Crippen LogP contribution in [0.2, 0.25) is 0 Å². The fourth-order valence-electron chi connectivity index (χ4n) is 1.08. The van der Waals surface area contributed by atoms with Gasteiger partial charge in [0.15, 0.2) is 0 Å².